The summed E-state index contributed by atoms with van der Waals surface area (Å²) in [6, 6.07) is 5.82. The molecule has 0 heterocycles. The summed E-state index contributed by atoms with van der Waals surface area (Å²) >= 11 is 0. The lowest BCUT2D eigenvalue weighted by Crippen LogP contribution is -1.99. The highest BCUT2D eigenvalue weighted by molar-refractivity contribution is 8.13. The minimum absolute atomic E-state index is 0.0305. The SMILES string of the molecule is O=C(O)CCCCCOc1ccc(S(=O)(=O)Cl)cc1. The van der Waals surface area contributed by atoms with E-state index in [1.807, 2.05) is 0 Å². The number of carboxylic acid groups (broad SMARTS) is 1. The quantitative estimate of drug-likeness (QED) is 0.590. The van der Waals surface area contributed by atoms with Gasteiger partial charge in [0.1, 0.15) is 5.75 Å². The van der Waals surface area contributed by atoms with Crippen molar-refractivity contribution in [3.63, 3.8) is 0 Å². The van der Waals surface area contributed by atoms with Gasteiger partial charge >= 0.3 is 5.97 Å². The van der Waals surface area contributed by atoms with Crippen LogP contribution >= 0.6 is 10.7 Å². The van der Waals surface area contributed by atoms with Crippen LogP contribution in [0, 0.1) is 0 Å². The molecule has 0 aliphatic heterocycles. The predicted molar refractivity (Wildman–Crippen MR) is 71.1 cm³/mol. The van der Waals surface area contributed by atoms with Crippen LogP contribution in [0.2, 0.25) is 0 Å². The van der Waals surface area contributed by atoms with Crippen LogP contribution in [0.15, 0.2) is 29.2 Å². The third-order valence-electron chi connectivity index (χ3n) is 2.41. The molecule has 0 saturated carbocycles. The van der Waals surface area contributed by atoms with E-state index in [-0.39, 0.29) is 11.3 Å². The molecule has 7 heteroatoms. The van der Waals surface area contributed by atoms with Gasteiger partial charge in [0.05, 0.1) is 11.5 Å². The van der Waals surface area contributed by atoms with Crippen LogP contribution in [0.4, 0.5) is 0 Å². The highest BCUT2D eigenvalue weighted by Crippen LogP contribution is 2.19. The summed E-state index contributed by atoms with van der Waals surface area (Å²) in [5, 5.41) is 8.45. The zero-order valence-corrected chi connectivity index (χ0v) is 11.8. The van der Waals surface area contributed by atoms with Crippen molar-refractivity contribution in [2.75, 3.05) is 6.61 Å². The van der Waals surface area contributed by atoms with Crippen LogP contribution in [0.1, 0.15) is 25.7 Å². The van der Waals surface area contributed by atoms with Crippen molar-refractivity contribution in [3.05, 3.63) is 24.3 Å². The molecule has 0 spiro atoms. The maximum Gasteiger partial charge on any atom is 0.303 e. The summed E-state index contributed by atoms with van der Waals surface area (Å²) in [6.45, 7) is 0.465. The molecule has 0 aromatic heterocycles. The number of hydrogen-bond donors (Lipinski definition) is 1. The minimum Gasteiger partial charge on any atom is -0.494 e. The van der Waals surface area contributed by atoms with Crippen molar-refractivity contribution in [3.8, 4) is 5.75 Å². The molecule has 1 aromatic carbocycles. The lowest BCUT2D eigenvalue weighted by molar-refractivity contribution is -0.137. The number of rotatable bonds is 8. The first-order chi connectivity index (χ1) is 8.89. The number of unbranched alkanes of at least 4 members (excludes halogenated alkanes) is 2. The fraction of sp³-hybridized carbons (Fsp3) is 0.417. The summed E-state index contributed by atoms with van der Waals surface area (Å²) in [4.78, 5) is 10.3. The summed E-state index contributed by atoms with van der Waals surface area (Å²) in [5.41, 5.74) is 0. The second-order valence-electron chi connectivity index (χ2n) is 3.96. The van der Waals surface area contributed by atoms with Gasteiger partial charge in [0, 0.05) is 17.1 Å². The molecule has 0 fully saturated rings. The van der Waals surface area contributed by atoms with E-state index in [0.29, 0.717) is 18.8 Å². The summed E-state index contributed by atoms with van der Waals surface area (Å²) in [7, 11) is 1.48. The number of carbonyl (C=O) groups is 1. The number of hydrogen-bond acceptors (Lipinski definition) is 4. The number of carboxylic acids is 1. The molecule has 0 saturated heterocycles. The van der Waals surface area contributed by atoms with Gasteiger partial charge in [0.2, 0.25) is 0 Å². The third-order valence-corrected chi connectivity index (χ3v) is 3.78. The fourth-order valence-electron chi connectivity index (χ4n) is 1.44. The molecule has 0 unspecified atom stereocenters. The Labute approximate surface area is 116 Å². The van der Waals surface area contributed by atoms with E-state index >= 15 is 0 Å². The Bertz CT molecular complexity index is 509. The maximum absolute atomic E-state index is 11.0. The van der Waals surface area contributed by atoms with Crippen LogP contribution in [-0.4, -0.2) is 26.1 Å². The molecule has 1 aromatic rings. The lowest BCUT2D eigenvalue weighted by Gasteiger charge is -2.06. The predicted octanol–water partition coefficient (Wildman–Crippen LogP) is 2.64. The van der Waals surface area contributed by atoms with Crippen molar-refractivity contribution >= 4 is 25.7 Å². The van der Waals surface area contributed by atoms with E-state index in [2.05, 4.69) is 0 Å². The van der Waals surface area contributed by atoms with Crippen LogP contribution in [0.3, 0.4) is 0 Å². The summed E-state index contributed by atoms with van der Waals surface area (Å²) < 4.78 is 27.4. The van der Waals surface area contributed by atoms with Crippen LogP contribution in [-0.2, 0) is 13.8 Å². The number of benzene rings is 1. The highest BCUT2D eigenvalue weighted by atomic mass is 35.7. The van der Waals surface area contributed by atoms with Gasteiger partial charge in [-0.05, 0) is 43.5 Å². The van der Waals surface area contributed by atoms with E-state index in [1.165, 1.54) is 24.3 Å². The van der Waals surface area contributed by atoms with Gasteiger partial charge in [-0.15, -0.1) is 0 Å². The Hall–Kier alpha value is -1.27. The molecule has 0 bridgehead atoms. The molecule has 0 radical (unpaired) electrons. The lowest BCUT2D eigenvalue weighted by atomic mass is 10.2. The van der Waals surface area contributed by atoms with Crippen molar-refractivity contribution in [2.45, 2.75) is 30.6 Å². The molecule has 0 amide bonds. The Kier molecular flexibility index (Phi) is 6.11. The first-order valence-electron chi connectivity index (χ1n) is 5.79. The average molecular weight is 307 g/mol. The molecule has 106 valence electrons. The second kappa shape index (κ2) is 7.35. The van der Waals surface area contributed by atoms with Crippen molar-refractivity contribution in [1.29, 1.82) is 0 Å². The number of ether oxygens (including phenoxy) is 1. The van der Waals surface area contributed by atoms with E-state index in [4.69, 9.17) is 20.5 Å². The van der Waals surface area contributed by atoms with Crippen molar-refractivity contribution < 1.29 is 23.1 Å². The molecule has 19 heavy (non-hydrogen) atoms. The molecule has 5 nitrogen and oxygen atoms in total. The fourth-order valence-corrected chi connectivity index (χ4v) is 2.21. The maximum atomic E-state index is 11.0. The molecule has 0 aliphatic carbocycles. The molecular formula is C12H15ClO5S. The van der Waals surface area contributed by atoms with Crippen LogP contribution in [0.5, 0.6) is 5.75 Å². The van der Waals surface area contributed by atoms with Gasteiger partial charge < -0.3 is 9.84 Å². The van der Waals surface area contributed by atoms with Gasteiger partial charge in [0.25, 0.3) is 9.05 Å². The monoisotopic (exact) mass is 306 g/mol. The van der Waals surface area contributed by atoms with Gasteiger partial charge in [0.15, 0.2) is 0 Å². The minimum atomic E-state index is -3.70. The second-order valence-corrected chi connectivity index (χ2v) is 6.53. The van der Waals surface area contributed by atoms with E-state index in [0.717, 1.165) is 12.8 Å². The molecule has 1 rings (SSSR count). The zero-order valence-electron chi connectivity index (χ0n) is 10.2. The van der Waals surface area contributed by atoms with Gasteiger partial charge in [-0.25, -0.2) is 8.42 Å². The number of aliphatic carboxylic acids is 1. The van der Waals surface area contributed by atoms with Gasteiger partial charge in [-0.2, -0.15) is 0 Å². The highest BCUT2D eigenvalue weighted by Gasteiger charge is 2.09. The van der Waals surface area contributed by atoms with Crippen LogP contribution in [0.25, 0.3) is 0 Å². The Morgan fingerprint density at radius 3 is 2.32 bits per heavy atom. The van der Waals surface area contributed by atoms with Crippen molar-refractivity contribution in [2.24, 2.45) is 0 Å². The summed E-state index contributed by atoms with van der Waals surface area (Å²) in [5.74, 6) is -0.235. The Balaban J connectivity index is 2.29. The van der Waals surface area contributed by atoms with Gasteiger partial charge in [-0.1, -0.05) is 0 Å². The summed E-state index contributed by atoms with van der Waals surface area (Å²) in [6.07, 6.45) is 2.33. The van der Waals surface area contributed by atoms with E-state index < -0.39 is 15.0 Å². The first kappa shape index (κ1) is 15.8. The van der Waals surface area contributed by atoms with Gasteiger partial charge in [-0.3, -0.25) is 4.79 Å². The van der Waals surface area contributed by atoms with Crippen LogP contribution < -0.4 is 4.74 Å². The van der Waals surface area contributed by atoms with E-state index in [9.17, 15) is 13.2 Å². The molecule has 0 aliphatic rings. The molecular weight excluding hydrogens is 292 g/mol. The topological polar surface area (TPSA) is 80.7 Å². The molecule has 0 atom stereocenters. The number of halogens is 1. The van der Waals surface area contributed by atoms with E-state index in [1.54, 1.807) is 0 Å². The Morgan fingerprint density at radius 1 is 1.16 bits per heavy atom. The standard InChI is InChI=1S/C12H15ClO5S/c13-19(16,17)11-7-5-10(6-8-11)18-9-3-1-2-4-12(14)15/h5-8H,1-4,9H2,(H,14,15). The average Bonchev–Trinajstić information content (AvgIpc) is 2.32. The van der Waals surface area contributed by atoms with Crippen molar-refractivity contribution in [1.82, 2.24) is 0 Å². The largest absolute Gasteiger partial charge is 0.494 e. The Morgan fingerprint density at radius 2 is 1.79 bits per heavy atom. The zero-order chi connectivity index (χ0) is 14.3. The normalized spacial score (nSPS) is 11.2. The smallest absolute Gasteiger partial charge is 0.303 e. The third kappa shape index (κ3) is 6.45. The first-order valence-corrected chi connectivity index (χ1v) is 8.10. The molecule has 1 N–H and O–H groups in total.